The molecular formula is C58H67IN14O14. The Bertz CT molecular complexity index is 3530. The Balaban J connectivity index is 0.000000160. The van der Waals surface area contributed by atoms with E-state index in [9.17, 15) is 39.6 Å². The van der Waals surface area contributed by atoms with Gasteiger partial charge in [-0.1, -0.05) is 5.92 Å². The van der Waals surface area contributed by atoms with Crippen LogP contribution >= 0.6 is 22.6 Å². The SMILES string of the molecule is C#CCC1CCN(C(=O)Oc2ccc(OC)cc2)CC1.COc1ccc(OC(=O)N2CCC(CC#Cc3nc(N)c4ncn([C@@H]5O[C@H](C(=O)NC6CC6)[C@H](O)C5O)c4n3)CC2)cc1.Nc1nc(I)nc2c1ncn2[C@@H]1O[C@H](C(=O)NC2CC2)[C@H](O)C1O. The van der Waals surface area contributed by atoms with E-state index < -0.39 is 60.9 Å². The molecule has 2 saturated carbocycles. The molecule has 0 radical (unpaired) electrons. The maximum atomic E-state index is 12.6. The number of aromatic nitrogens is 8. The highest BCUT2D eigenvalue weighted by Gasteiger charge is 2.50. The highest BCUT2D eigenvalue weighted by atomic mass is 127. The Morgan fingerprint density at radius 2 is 1.02 bits per heavy atom. The fourth-order valence-corrected chi connectivity index (χ4v) is 10.7. The number of anilines is 2. The molecule has 0 bridgehead atoms. The summed E-state index contributed by atoms with van der Waals surface area (Å²) >= 11 is 1.91. The van der Waals surface area contributed by atoms with Gasteiger partial charge in [0.05, 0.1) is 26.9 Å². The van der Waals surface area contributed by atoms with Gasteiger partial charge in [-0.2, -0.15) is 0 Å². The first-order chi connectivity index (χ1) is 42.0. The summed E-state index contributed by atoms with van der Waals surface area (Å²) in [4.78, 5) is 78.0. The monoisotopic (exact) mass is 1310 g/mol. The van der Waals surface area contributed by atoms with Gasteiger partial charge in [0.1, 0.15) is 58.4 Å². The van der Waals surface area contributed by atoms with Gasteiger partial charge in [-0.05, 0) is 118 Å². The van der Waals surface area contributed by atoms with Crippen molar-refractivity contribution >= 4 is 80.6 Å². The van der Waals surface area contributed by atoms with Crippen LogP contribution in [0.1, 0.15) is 82.5 Å². The average molecular weight is 1310 g/mol. The number of carbonyl (C=O) groups excluding carboxylic acids is 4. The number of nitrogen functional groups attached to an aromatic ring is 2. The lowest BCUT2D eigenvalue weighted by molar-refractivity contribution is -0.138. The molecule has 2 aromatic carbocycles. The summed E-state index contributed by atoms with van der Waals surface area (Å²) in [6.07, 6.45) is 5.88. The fraction of sp³-hybridized carbons (Fsp3) is 0.483. The standard InChI is InChI=1S/C29H33N7O7.C16H19NO3.C13H15IN6O4/c1-41-18-7-9-19(10-8-18)42-29(40)35-13-11-16(12-14-35)3-2-4-20-33-25(30)21-26(34-20)36(15-31-21)28-23(38)22(37)24(43-28)27(39)32-17-5-6-17;1-3-4-13-9-11-17(12-10-13)16(18)20-15-7-5-14(19-2)6-8-15;14-13-18-9(15)5-10(19-13)20(3-16-5)12-7(22)6(21)8(24-12)11(23)17-4-1-2-4/h7-10,15-17,22-24,28,37-38H,3,5-6,11-14H2,1H3,(H,32,39)(H2,30,33,34);1,5-8,13H,4,9-12H2,2H3;3-4,6-8,12,21-22H,1-2H2,(H,17,23)(H2,15,18,19)/t22-,23?,24+,28-;;6-,7?,8+,12-/m1.1/s1. The highest BCUT2D eigenvalue weighted by Crippen LogP contribution is 2.35. The number of imidazole rings is 2. The number of fused-ring (bicyclic) bond motifs is 2. The Labute approximate surface area is 512 Å². The molecule has 460 valence electrons. The maximum absolute atomic E-state index is 12.6. The third-order valence-electron chi connectivity index (χ3n) is 15.5. The third kappa shape index (κ3) is 15.0. The van der Waals surface area contributed by atoms with E-state index in [2.05, 4.69) is 58.3 Å². The Morgan fingerprint density at radius 1 is 0.609 bits per heavy atom. The van der Waals surface area contributed by atoms with Crippen LogP contribution in [0.4, 0.5) is 21.2 Å². The minimum atomic E-state index is -1.42. The van der Waals surface area contributed by atoms with Crippen LogP contribution in [0.15, 0.2) is 61.2 Å². The second-order valence-electron chi connectivity index (χ2n) is 21.7. The second-order valence-corrected chi connectivity index (χ2v) is 22.7. The van der Waals surface area contributed by atoms with Gasteiger partial charge in [-0.3, -0.25) is 18.7 Å². The minimum Gasteiger partial charge on any atom is -0.497 e. The summed E-state index contributed by atoms with van der Waals surface area (Å²) in [5, 5.41) is 47.2. The number of carbonyl (C=O) groups is 4. The predicted molar refractivity (Wildman–Crippen MR) is 318 cm³/mol. The molecule has 4 aromatic heterocycles. The van der Waals surface area contributed by atoms with Crippen molar-refractivity contribution in [1.29, 1.82) is 0 Å². The molecule has 8 heterocycles. The van der Waals surface area contributed by atoms with Crippen LogP contribution in [-0.4, -0.2) is 182 Å². The molecule has 6 aromatic rings. The maximum Gasteiger partial charge on any atom is 0.415 e. The van der Waals surface area contributed by atoms with Gasteiger partial charge in [0, 0.05) is 73.7 Å². The number of rotatable bonds is 12. The number of halogens is 1. The molecule has 29 heteroatoms. The van der Waals surface area contributed by atoms with Crippen molar-refractivity contribution in [3.63, 3.8) is 0 Å². The highest BCUT2D eigenvalue weighted by molar-refractivity contribution is 14.1. The molecule has 4 aliphatic heterocycles. The van der Waals surface area contributed by atoms with Gasteiger partial charge in [-0.25, -0.2) is 39.5 Å². The Kier molecular flexibility index (Phi) is 19.7. The van der Waals surface area contributed by atoms with Crippen LogP contribution in [0.25, 0.3) is 22.3 Å². The first kappa shape index (κ1) is 61.9. The molecule has 2 unspecified atom stereocenters. The van der Waals surface area contributed by atoms with Gasteiger partial charge in [0.15, 0.2) is 51.4 Å². The number of amides is 4. The van der Waals surface area contributed by atoms with Crippen LogP contribution in [0, 0.1) is 39.9 Å². The average Bonchev–Trinajstić information content (AvgIpc) is 2.12. The number of nitrogens with zero attached hydrogens (tertiary/aromatic N) is 10. The van der Waals surface area contributed by atoms with E-state index in [4.69, 9.17) is 46.3 Å². The molecule has 28 nitrogen and oxygen atoms in total. The van der Waals surface area contributed by atoms with Gasteiger partial charge in [0.2, 0.25) is 5.82 Å². The van der Waals surface area contributed by atoms with Crippen molar-refractivity contribution in [1.82, 2.24) is 59.5 Å². The second kappa shape index (κ2) is 27.7. The first-order valence-corrected chi connectivity index (χ1v) is 29.5. The number of aliphatic hydroxyl groups is 4. The summed E-state index contributed by atoms with van der Waals surface area (Å²) < 4.78 is 35.7. The summed E-state index contributed by atoms with van der Waals surface area (Å²) in [7, 11) is 3.17. The molecular weight excluding hydrogens is 1240 g/mol. The van der Waals surface area contributed by atoms with Crippen molar-refractivity contribution in [2.24, 2.45) is 11.8 Å². The normalized spacial score (nSPS) is 23.7. The van der Waals surface area contributed by atoms with Crippen LogP contribution < -0.4 is 41.0 Å². The predicted octanol–water partition coefficient (Wildman–Crippen LogP) is 2.81. The number of nitrogens with two attached hydrogens (primary N) is 2. The van der Waals surface area contributed by atoms with E-state index >= 15 is 0 Å². The fourth-order valence-electron chi connectivity index (χ4n) is 10.2. The van der Waals surface area contributed by atoms with E-state index in [0.29, 0.717) is 70.8 Å². The van der Waals surface area contributed by atoms with Crippen molar-refractivity contribution in [2.45, 2.75) is 125 Å². The molecule has 10 N–H and O–H groups in total. The summed E-state index contributed by atoms with van der Waals surface area (Å²) in [5.74, 6) is 11.6. The lowest BCUT2D eigenvalue weighted by Crippen LogP contribution is -2.43. The number of terminal acetylenes is 1. The molecule has 2 aliphatic carbocycles. The molecule has 4 saturated heterocycles. The Morgan fingerprint density at radius 3 is 1.45 bits per heavy atom. The quantitative estimate of drug-likeness (QED) is 0.0496. The number of hydrogen-bond donors (Lipinski definition) is 8. The van der Waals surface area contributed by atoms with E-state index in [1.165, 1.54) is 21.8 Å². The number of likely N-dealkylation sites (tertiary alicyclic amines) is 2. The van der Waals surface area contributed by atoms with Gasteiger partial charge >= 0.3 is 12.2 Å². The number of hydrogen-bond acceptors (Lipinski definition) is 22. The smallest absolute Gasteiger partial charge is 0.415 e. The van der Waals surface area contributed by atoms with Crippen LogP contribution in [0.3, 0.4) is 0 Å². The summed E-state index contributed by atoms with van der Waals surface area (Å²) in [6, 6.07) is 14.0. The molecule has 6 fully saturated rings. The van der Waals surface area contributed by atoms with Crippen LogP contribution in [0.2, 0.25) is 0 Å². The Hall–Kier alpha value is -8.17. The van der Waals surface area contributed by atoms with Crippen molar-refractivity contribution < 1.29 is 68.0 Å². The first-order valence-electron chi connectivity index (χ1n) is 28.4. The summed E-state index contributed by atoms with van der Waals surface area (Å²) in [6.45, 7) is 2.54. The number of methoxy groups -OCH3 is 2. The van der Waals surface area contributed by atoms with Crippen molar-refractivity contribution in [3.8, 4) is 47.2 Å². The molecule has 0 spiro atoms. The number of nitrogens with one attached hydrogen (secondary N) is 2. The zero-order chi connectivity index (χ0) is 61.5. The number of piperidine rings is 2. The van der Waals surface area contributed by atoms with Gasteiger partial charge in [-0.15, -0.1) is 12.3 Å². The molecule has 8 atom stereocenters. The van der Waals surface area contributed by atoms with E-state index in [1.54, 1.807) is 72.6 Å². The van der Waals surface area contributed by atoms with Crippen LogP contribution in [0.5, 0.6) is 23.0 Å². The number of aliphatic hydroxyl groups excluding tert-OH is 4. The van der Waals surface area contributed by atoms with Crippen molar-refractivity contribution in [2.75, 3.05) is 51.9 Å². The van der Waals surface area contributed by atoms with E-state index in [1.807, 2.05) is 22.6 Å². The zero-order valence-corrected chi connectivity index (χ0v) is 49.7. The number of benzene rings is 2. The third-order valence-corrected chi connectivity index (χ3v) is 16.0. The van der Waals surface area contributed by atoms with Gasteiger partial charge in [0.25, 0.3) is 11.8 Å². The lowest BCUT2D eigenvalue weighted by atomic mass is 9.94. The largest absolute Gasteiger partial charge is 0.497 e. The summed E-state index contributed by atoms with van der Waals surface area (Å²) in [5.41, 5.74) is 13.2. The molecule has 12 rings (SSSR count). The number of ether oxygens (including phenoxy) is 6. The minimum absolute atomic E-state index is 0.0800. The molecule has 6 aliphatic rings. The molecule has 87 heavy (non-hydrogen) atoms. The van der Waals surface area contributed by atoms with Crippen molar-refractivity contribution in [3.05, 3.63) is 70.8 Å². The lowest BCUT2D eigenvalue weighted by Gasteiger charge is -2.30. The van der Waals surface area contributed by atoms with E-state index in [-0.39, 0.29) is 58.8 Å². The van der Waals surface area contributed by atoms with Gasteiger partial charge < -0.3 is 80.7 Å². The van der Waals surface area contributed by atoms with E-state index in [0.717, 1.165) is 63.5 Å². The molecule has 4 amide bonds. The van der Waals surface area contributed by atoms with Crippen LogP contribution in [-0.2, 0) is 19.1 Å². The topological polar surface area (TPSA) is 374 Å². The zero-order valence-electron chi connectivity index (χ0n) is 47.6.